The Hall–Kier alpha value is -2.69. The Labute approximate surface area is 192 Å². The fourth-order valence-corrected chi connectivity index (χ4v) is 5.09. The van der Waals surface area contributed by atoms with Gasteiger partial charge in [0.2, 0.25) is 10.0 Å². The van der Waals surface area contributed by atoms with Crippen LogP contribution in [0.15, 0.2) is 89.8 Å². The van der Waals surface area contributed by atoms with Crippen LogP contribution in [-0.4, -0.2) is 14.0 Å². The monoisotopic (exact) mass is 447 g/mol. The van der Waals surface area contributed by atoms with E-state index < -0.39 is 15.6 Å². The fourth-order valence-electron chi connectivity index (χ4n) is 3.63. The van der Waals surface area contributed by atoms with E-state index in [1.807, 2.05) is 51.1 Å². The molecule has 0 heterocycles. The molecule has 0 unspecified atom stereocenters. The van der Waals surface area contributed by atoms with Crippen molar-refractivity contribution < 1.29 is 8.42 Å². The van der Waals surface area contributed by atoms with Crippen molar-refractivity contribution in [3.8, 4) is 0 Å². The van der Waals surface area contributed by atoms with E-state index >= 15 is 0 Å². The van der Waals surface area contributed by atoms with Crippen LogP contribution in [0.2, 0.25) is 0 Å². The topological polar surface area (TPSA) is 46.2 Å². The van der Waals surface area contributed by atoms with E-state index in [4.69, 9.17) is 0 Å². The largest absolute Gasteiger partial charge is 0.241 e. The molecule has 1 N–H and O–H groups in total. The van der Waals surface area contributed by atoms with Crippen LogP contribution >= 0.6 is 0 Å². The van der Waals surface area contributed by atoms with E-state index in [-0.39, 0.29) is 0 Å². The standard InChI is InChI=1S/C14H17NO2S.C14H16/c1-14(2,3)15-18(16,17)13-9-8-11-6-4-5-7-12(11)10-13;1-11(2)9-12-7-8-13-5-3-4-6-14(13)10-12/h4-10,15H,1-3H3;3-8,10-11H,9H2,1-2H3. The molecule has 0 atom stereocenters. The van der Waals surface area contributed by atoms with Crippen LogP contribution in [0.1, 0.15) is 40.2 Å². The third kappa shape index (κ3) is 6.65. The molecule has 4 aromatic carbocycles. The zero-order valence-corrected chi connectivity index (χ0v) is 20.4. The van der Waals surface area contributed by atoms with Crippen molar-refractivity contribution in [1.82, 2.24) is 4.72 Å². The summed E-state index contributed by atoms with van der Waals surface area (Å²) in [4.78, 5) is 0.302. The summed E-state index contributed by atoms with van der Waals surface area (Å²) in [5.41, 5.74) is 0.962. The Bertz CT molecular complexity index is 1300. The Kier molecular flexibility index (Phi) is 7.37. The lowest BCUT2D eigenvalue weighted by molar-refractivity contribution is 0.491. The highest BCUT2D eigenvalue weighted by Crippen LogP contribution is 2.20. The molecule has 4 heteroatoms. The second-order valence-electron chi connectivity index (χ2n) is 9.64. The predicted molar refractivity (Wildman–Crippen MR) is 137 cm³/mol. The molecule has 32 heavy (non-hydrogen) atoms. The van der Waals surface area contributed by atoms with Gasteiger partial charge in [-0.2, -0.15) is 0 Å². The zero-order valence-electron chi connectivity index (χ0n) is 19.6. The van der Waals surface area contributed by atoms with Gasteiger partial charge in [-0.25, -0.2) is 13.1 Å². The normalized spacial score (nSPS) is 12.1. The molecule has 0 bridgehead atoms. The summed E-state index contributed by atoms with van der Waals surface area (Å²) >= 11 is 0. The van der Waals surface area contributed by atoms with Crippen LogP contribution < -0.4 is 4.72 Å². The van der Waals surface area contributed by atoms with Crippen LogP contribution in [0, 0.1) is 5.92 Å². The Balaban J connectivity index is 0.000000186. The number of hydrogen-bond donors (Lipinski definition) is 1. The van der Waals surface area contributed by atoms with Gasteiger partial charge in [0.05, 0.1) is 4.90 Å². The van der Waals surface area contributed by atoms with Crippen molar-refractivity contribution in [1.29, 1.82) is 0 Å². The lowest BCUT2D eigenvalue weighted by Crippen LogP contribution is -2.40. The minimum Gasteiger partial charge on any atom is -0.207 e. The van der Waals surface area contributed by atoms with E-state index in [1.165, 1.54) is 22.8 Å². The minimum atomic E-state index is -3.46. The first-order valence-corrected chi connectivity index (χ1v) is 12.5. The summed E-state index contributed by atoms with van der Waals surface area (Å²) in [6.45, 7) is 9.99. The van der Waals surface area contributed by atoms with Gasteiger partial charge in [-0.05, 0) is 72.4 Å². The number of sulfonamides is 1. The van der Waals surface area contributed by atoms with Crippen molar-refractivity contribution in [2.24, 2.45) is 5.92 Å². The van der Waals surface area contributed by atoms with Gasteiger partial charge in [-0.15, -0.1) is 0 Å². The number of nitrogens with one attached hydrogen (secondary N) is 1. The number of benzene rings is 4. The maximum Gasteiger partial charge on any atom is 0.241 e. The van der Waals surface area contributed by atoms with Crippen LogP contribution in [0.25, 0.3) is 21.5 Å². The second-order valence-corrected chi connectivity index (χ2v) is 11.3. The average molecular weight is 448 g/mol. The van der Waals surface area contributed by atoms with E-state index in [9.17, 15) is 8.42 Å². The third-order valence-corrected chi connectivity index (χ3v) is 6.69. The molecule has 0 spiro atoms. The molecule has 168 valence electrons. The van der Waals surface area contributed by atoms with Crippen molar-refractivity contribution >= 4 is 31.6 Å². The van der Waals surface area contributed by atoms with Gasteiger partial charge in [0.15, 0.2) is 0 Å². The summed E-state index contributed by atoms with van der Waals surface area (Å²) < 4.78 is 27.0. The van der Waals surface area contributed by atoms with E-state index in [0.29, 0.717) is 4.90 Å². The quantitative estimate of drug-likeness (QED) is 0.368. The fraction of sp³-hybridized carbons (Fsp3) is 0.286. The first kappa shape index (κ1) is 24.0. The minimum absolute atomic E-state index is 0.302. The van der Waals surface area contributed by atoms with Gasteiger partial charge in [0.25, 0.3) is 0 Å². The lowest BCUT2D eigenvalue weighted by Gasteiger charge is -2.20. The molecule has 0 aliphatic carbocycles. The SMILES string of the molecule is CC(C)(C)NS(=O)(=O)c1ccc2ccccc2c1.CC(C)Cc1ccc2ccccc2c1. The summed E-state index contributed by atoms with van der Waals surface area (Å²) in [5.74, 6) is 0.733. The van der Waals surface area contributed by atoms with E-state index in [0.717, 1.165) is 16.7 Å². The molecule has 0 fully saturated rings. The molecule has 3 nitrogen and oxygen atoms in total. The van der Waals surface area contributed by atoms with E-state index in [1.54, 1.807) is 12.1 Å². The highest BCUT2D eigenvalue weighted by Gasteiger charge is 2.21. The van der Waals surface area contributed by atoms with Crippen LogP contribution in [0.3, 0.4) is 0 Å². The maximum absolute atomic E-state index is 12.2. The van der Waals surface area contributed by atoms with E-state index in [2.05, 4.69) is 61.0 Å². The molecule has 4 aromatic rings. The van der Waals surface area contributed by atoms with Gasteiger partial charge >= 0.3 is 0 Å². The van der Waals surface area contributed by atoms with Crippen LogP contribution in [-0.2, 0) is 16.4 Å². The second kappa shape index (κ2) is 9.85. The lowest BCUT2D eigenvalue weighted by atomic mass is 10.00. The molecule has 0 amide bonds. The van der Waals surface area contributed by atoms with Gasteiger partial charge < -0.3 is 0 Å². The average Bonchev–Trinajstić information content (AvgIpc) is 2.72. The summed E-state index contributed by atoms with van der Waals surface area (Å²) in [7, 11) is -3.46. The van der Waals surface area contributed by atoms with Gasteiger partial charge in [0.1, 0.15) is 0 Å². The summed E-state index contributed by atoms with van der Waals surface area (Å²) in [6, 6.07) is 28.1. The number of hydrogen-bond acceptors (Lipinski definition) is 2. The highest BCUT2D eigenvalue weighted by atomic mass is 32.2. The molecule has 4 rings (SSSR count). The van der Waals surface area contributed by atoms with Crippen molar-refractivity contribution in [2.45, 2.75) is 51.5 Å². The molecule has 0 saturated carbocycles. The van der Waals surface area contributed by atoms with Crippen molar-refractivity contribution in [2.75, 3.05) is 0 Å². The van der Waals surface area contributed by atoms with Crippen molar-refractivity contribution in [3.05, 3.63) is 90.5 Å². The Morgan fingerprint density at radius 2 is 1.22 bits per heavy atom. The first-order valence-electron chi connectivity index (χ1n) is 11.0. The zero-order chi connectivity index (χ0) is 23.4. The molecule has 0 saturated heterocycles. The molecular weight excluding hydrogens is 414 g/mol. The smallest absolute Gasteiger partial charge is 0.207 e. The molecule has 0 aliphatic rings. The number of rotatable bonds is 4. The predicted octanol–water partition coefficient (Wildman–Crippen LogP) is 6.95. The van der Waals surface area contributed by atoms with Gasteiger partial charge in [-0.1, -0.05) is 86.6 Å². The third-order valence-electron chi connectivity index (χ3n) is 4.93. The Morgan fingerprint density at radius 3 is 1.75 bits per heavy atom. The van der Waals surface area contributed by atoms with Crippen LogP contribution in [0.4, 0.5) is 0 Å². The summed E-state index contributed by atoms with van der Waals surface area (Å²) in [6.07, 6.45) is 1.17. The first-order chi connectivity index (χ1) is 15.0. The Morgan fingerprint density at radius 1 is 0.719 bits per heavy atom. The van der Waals surface area contributed by atoms with Gasteiger partial charge in [-0.3, -0.25) is 0 Å². The van der Waals surface area contributed by atoms with Crippen LogP contribution in [0.5, 0.6) is 0 Å². The maximum atomic E-state index is 12.2. The highest BCUT2D eigenvalue weighted by molar-refractivity contribution is 7.89. The molecular formula is C28H33NO2S. The summed E-state index contributed by atoms with van der Waals surface area (Å²) in [5, 5.41) is 4.65. The van der Waals surface area contributed by atoms with Crippen molar-refractivity contribution in [3.63, 3.8) is 0 Å². The molecule has 0 aliphatic heterocycles. The number of fused-ring (bicyclic) bond motifs is 2. The molecule has 0 aromatic heterocycles. The van der Waals surface area contributed by atoms with Gasteiger partial charge in [0, 0.05) is 5.54 Å². The molecule has 0 radical (unpaired) electrons.